The molecular weight excluding hydrogens is 298 g/mol. The highest BCUT2D eigenvalue weighted by atomic mass is 16.1. The fraction of sp³-hybridized carbons (Fsp3) is 0.400. The third-order valence-electron chi connectivity index (χ3n) is 4.03. The summed E-state index contributed by atoms with van der Waals surface area (Å²) in [4.78, 5) is 16.9. The number of carbonyl (C=O) groups excluding carboxylic acids is 1. The number of carbonyl (C=O) groups is 1. The quantitative estimate of drug-likeness (QED) is 0.706. The fourth-order valence-corrected chi connectivity index (χ4v) is 2.55. The van der Waals surface area contributed by atoms with Crippen LogP contribution in [0.3, 0.4) is 0 Å². The summed E-state index contributed by atoms with van der Waals surface area (Å²) in [6.45, 7) is 9.32. The number of hydrogen-bond donors (Lipinski definition) is 2. The van der Waals surface area contributed by atoms with Crippen LogP contribution in [-0.2, 0) is 0 Å². The van der Waals surface area contributed by atoms with Crippen LogP contribution in [-0.4, -0.2) is 17.4 Å². The van der Waals surface area contributed by atoms with Crippen molar-refractivity contribution in [1.29, 1.82) is 0 Å². The summed E-state index contributed by atoms with van der Waals surface area (Å²) in [6.07, 6.45) is 3.87. The Morgan fingerprint density at radius 2 is 2.00 bits per heavy atom. The number of para-hydroxylation sites is 1. The van der Waals surface area contributed by atoms with E-state index in [1.165, 1.54) is 0 Å². The zero-order valence-electron chi connectivity index (χ0n) is 15.0. The molecule has 24 heavy (non-hydrogen) atoms. The smallest absolute Gasteiger partial charge is 0.257 e. The SMILES string of the molecule is CCCCNc1ccc(C(=O)Nc2c(C)cccc2C(C)C)cn1. The molecule has 0 bridgehead atoms. The molecule has 0 radical (unpaired) electrons. The Kier molecular flexibility index (Phi) is 6.36. The van der Waals surface area contributed by atoms with Crippen molar-refractivity contribution in [3.63, 3.8) is 0 Å². The number of aromatic nitrogens is 1. The molecule has 4 nitrogen and oxygen atoms in total. The lowest BCUT2D eigenvalue weighted by Gasteiger charge is -2.16. The number of rotatable bonds is 7. The highest BCUT2D eigenvalue weighted by molar-refractivity contribution is 6.05. The van der Waals surface area contributed by atoms with Crippen LogP contribution in [0.4, 0.5) is 11.5 Å². The molecule has 0 fully saturated rings. The van der Waals surface area contributed by atoms with Crippen molar-refractivity contribution in [2.45, 2.75) is 46.5 Å². The van der Waals surface area contributed by atoms with Gasteiger partial charge in [-0.15, -0.1) is 0 Å². The second-order valence-electron chi connectivity index (χ2n) is 6.36. The first-order valence-electron chi connectivity index (χ1n) is 8.63. The van der Waals surface area contributed by atoms with Crippen LogP contribution < -0.4 is 10.6 Å². The number of anilines is 2. The Labute approximate surface area is 144 Å². The van der Waals surface area contributed by atoms with Gasteiger partial charge >= 0.3 is 0 Å². The molecule has 128 valence electrons. The van der Waals surface area contributed by atoms with Crippen molar-refractivity contribution in [2.75, 3.05) is 17.2 Å². The van der Waals surface area contributed by atoms with Crippen LogP contribution in [0.2, 0.25) is 0 Å². The largest absolute Gasteiger partial charge is 0.370 e. The normalized spacial score (nSPS) is 10.7. The fourth-order valence-electron chi connectivity index (χ4n) is 2.55. The van der Waals surface area contributed by atoms with Gasteiger partial charge in [-0.05, 0) is 42.5 Å². The lowest BCUT2D eigenvalue weighted by molar-refractivity contribution is 0.102. The molecule has 2 aromatic rings. The zero-order chi connectivity index (χ0) is 17.5. The first-order valence-corrected chi connectivity index (χ1v) is 8.63. The molecule has 1 amide bonds. The maximum absolute atomic E-state index is 12.5. The number of nitrogens with one attached hydrogen (secondary N) is 2. The minimum absolute atomic E-state index is 0.126. The van der Waals surface area contributed by atoms with Crippen LogP contribution in [0.5, 0.6) is 0 Å². The monoisotopic (exact) mass is 325 g/mol. The third kappa shape index (κ3) is 4.57. The van der Waals surface area contributed by atoms with Gasteiger partial charge in [-0.25, -0.2) is 4.98 Å². The number of nitrogens with zero attached hydrogens (tertiary/aromatic N) is 1. The van der Waals surface area contributed by atoms with Gasteiger partial charge in [0.1, 0.15) is 5.82 Å². The summed E-state index contributed by atoms with van der Waals surface area (Å²) in [6, 6.07) is 9.77. The van der Waals surface area contributed by atoms with Crippen molar-refractivity contribution in [2.24, 2.45) is 0 Å². The topological polar surface area (TPSA) is 54.0 Å². The molecule has 0 saturated carbocycles. The van der Waals surface area contributed by atoms with Crippen LogP contribution in [0, 0.1) is 6.92 Å². The molecule has 2 rings (SSSR count). The van der Waals surface area contributed by atoms with Crippen molar-refractivity contribution in [3.05, 3.63) is 53.2 Å². The Balaban J connectivity index is 2.10. The summed E-state index contributed by atoms with van der Waals surface area (Å²) in [7, 11) is 0. The lowest BCUT2D eigenvalue weighted by Crippen LogP contribution is -2.15. The standard InChI is InChI=1S/C20H27N3O/c1-5-6-12-21-18-11-10-16(13-22-18)20(24)23-19-15(4)8-7-9-17(19)14(2)3/h7-11,13-14H,5-6,12H2,1-4H3,(H,21,22)(H,23,24). The van der Waals surface area contributed by atoms with Crippen molar-refractivity contribution < 1.29 is 4.79 Å². The third-order valence-corrected chi connectivity index (χ3v) is 4.03. The molecule has 0 unspecified atom stereocenters. The average Bonchev–Trinajstić information content (AvgIpc) is 2.57. The Bertz CT molecular complexity index is 678. The Morgan fingerprint density at radius 1 is 1.21 bits per heavy atom. The molecular formula is C20H27N3O. The molecule has 2 N–H and O–H groups in total. The molecule has 0 saturated heterocycles. The molecule has 1 aromatic carbocycles. The van der Waals surface area contributed by atoms with Gasteiger partial charge in [0, 0.05) is 18.4 Å². The summed E-state index contributed by atoms with van der Waals surface area (Å²) in [5, 5.41) is 6.30. The highest BCUT2D eigenvalue weighted by Gasteiger charge is 2.13. The molecule has 4 heteroatoms. The van der Waals surface area contributed by atoms with E-state index in [1.807, 2.05) is 31.2 Å². The number of pyridine rings is 1. The van der Waals surface area contributed by atoms with Gasteiger partial charge in [-0.3, -0.25) is 4.79 Å². The summed E-state index contributed by atoms with van der Waals surface area (Å²) >= 11 is 0. The molecule has 1 aromatic heterocycles. The van der Waals surface area contributed by atoms with Crippen molar-refractivity contribution in [3.8, 4) is 0 Å². The number of aryl methyl sites for hydroxylation is 1. The molecule has 0 aliphatic heterocycles. The van der Waals surface area contributed by atoms with Crippen LogP contribution in [0.25, 0.3) is 0 Å². The molecule has 0 aliphatic carbocycles. The van der Waals surface area contributed by atoms with Gasteiger partial charge in [0.15, 0.2) is 0 Å². The van der Waals surface area contributed by atoms with Gasteiger partial charge < -0.3 is 10.6 Å². The van der Waals surface area contributed by atoms with E-state index in [-0.39, 0.29) is 5.91 Å². The number of unbranched alkanes of at least 4 members (excludes halogenated alkanes) is 1. The Morgan fingerprint density at radius 3 is 2.62 bits per heavy atom. The molecule has 0 atom stereocenters. The minimum Gasteiger partial charge on any atom is -0.370 e. The van der Waals surface area contributed by atoms with Gasteiger partial charge in [0.2, 0.25) is 0 Å². The Hall–Kier alpha value is -2.36. The van der Waals surface area contributed by atoms with E-state index >= 15 is 0 Å². The van der Waals surface area contributed by atoms with Gasteiger partial charge in [0.05, 0.1) is 5.56 Å². The molecule has 0 aliphatic rings. The average molecular weight is 325 g/mol. The predicted octanol–water partition coefficient (Wildman–Crippen LogP) is 4.98. The number of benzene rings is 1. The predicted molar refractivity (Wildman–Crippen MR) is 101 cm³/mol. The van der Waals surface area contributed by atoms with E-state index in [4.69, 9.17) is 0 Å². The molecule has 1 heterocycles. The van der Waals surface area contributed by atoms with Crippen LogP contribution >= 0.6 is 0 Å². The van der Waals surface area contributed by atoms with Gasteiger partial charge in [-0.2, -0.15) is 0 Å². The lowest BCUT2D eigenvalue weighted by atomic mass is 9.98. The van der Waals surface area contributed by atoms with Crippen molar-refractivity contribution in [1.82, 2.24) is 4.98 Å². The number of amides is 1. The maximum atomic E-state index is 12.5. The summed E-state index contributed by atoms with van der Waals surface area (Å²) < 4.78 is 0. The summed E-state index contributed by atoms with van der Waals surface area (Å²) in [5.74, 6) is 1.03. The van der Waals surface area contributed by atoms with E-state index in [2.05, 4.69) is 42.5 Å². The highest BCUT2D eigenvalue weighted by Crippen LogP contribution is 2.27. The first kappa shape index (κ1) is 18.0. The van der Waals surface area contributed by atoms with E-state index in [9.17, 15) is 4.79 Å². The maximum Gasteiger partial charge on any atom is 0.257 e. The zero-order valence-corrected chi connectivity index (χ0v) is 15.0. The number of hydrogen-bond acceptors (Lipinski definition) is 3. The van der Waals surface area contributed by atoms with Gasteiger partial charge in [-0.1, -0.05) is 45.4 Å². The minimum atomic E-state index is -0.126. The van der Waals surface area contributed by atoms with E-state index in [0.717, 1.165) is 42.0 Å². The van der Waals surface area contributed by atoms with Crippen LogP contribution in [0.1, 0.15) is 61.0 Å². The van der Waals surface area contributed by atoms with E-state index in [1.54, 1.807) is 6.20 Å². The first-order chi connectivity index (χ1) is 11.5. The second kappa shape index (κ2) is 8.48. The van der Waals surface area contributed by atoms with Gasteiger partial charge in [0.25, 0.3) is 5.91 Å². The summed E-state index contributed by atoms with van der Waals surface area (Å²) in [5.41, 5.74) is 3.69. The van der Waals surface area contributed by atoms with E-state index in [0.29, 0.717) is 11.5 Å². The van der Waals surface area contributed by atoms with Crippen LogP contribution in [0.15, 0.2) is 36.5 Å². The molecule has 0 spiro atoms. The second-order valence-corrected chi connectivity index (χ2v) is 6.36. The van der Waals surface area contributed by atoms with Crippen molar-refractivity contribution >= 4 is 17.4 Å². The van der Waals surface area contributed by atoms with E-state index < -0.39 is 0 Å².